The smallest absolute Gasteiger partial charge is 0.109 e. The van der Waals surface area contributed by atoms with E-state index in [1.54, 1.807) is 3.21 Å². The van der Waals surface area contributed by atoms with E-state index in [9.17, 15) is 0 Å². The summed E-state index contributed by atoms with van der Waals surface area (Å²) in [5.74, 6) is 4.97. The van der Waals surface area contributed by atoms with Gasteiger partial charge in [0.2, 0.25) is 0 Å². The number of hydrogen-bond donors (Lipinski definition) is 0. The molecule has 0 saturated carbocycles. The van der Waals surface area contributed by atoms with Crippen molar-refractivity contribution in [2.45, 2.75) is 38.2 Å². The third-order valence-electron chi connectivity index (χ3n) is 1.67. The minimum Gasteiger partial charge on any atom is -0.273 e. The molecule has 0 amide bonds. The zero-order valence-electron chi connectivity index (χ0n) is 12.2. The van der Waals surface area contributed by atoms with E-state index in [1.165, 1.54) is 0 Å². The summed E-state index contributed by atoms with van der Waals surface area (Å²) in [5.41, 5.74) is 0. The maximum atomic E-state index is 2.99. The summed E-state index contributed by atoms with van der Waals surface area (Å²) < 4.78 is 1.78. The van der Waals surface area contributed by atoms with Crippen molar-refractivity contribution in [3.8, 4) is 0 Å². The van der Waals surface area contributed by atoms with Gasteiger partial charge < -0.3 is 0 Å². The first-order chi connectivity index (χ1) is 8.13. The summed E-state index contributed by atoms with van der Waals surface area (Å²) in [4.78, 5) is 0. The second kappa shape index (κ2) is 18.8. The van der Waals surface area contributed by atoms with Gasteiger partial charge in [-0.3, -0.25) is 12.2 Å². The fourth-order valence-electron chi connectivity index (χ4n) is 1.18. The van der Waals surface area contributed by atoms with E-state index in [0.717, 1.165) is 12.8 Å². The third-order valence-corrected chi connectivity index (χ3v) is 16.5. The second-order valence-corrected chi connectivity index (χ2v) is 27.3. The van der Waals surface area contributed by atoms with E-state index in [4.69, 9.17) is 0 Å². The van der Waals surface area contributed by atoms with Gasteiger partial charge in [0, 0.05) is 0 Å². The summed E-state index contributed by atoms with van der Waals surface area (Å²) in [6.45, 7) is 4.60. The molecule has 0 unspecified atom stereocenters. The first-order valence-electron chi connectivity index (χ1n) is 5.93. The molecular formula is C15H24Cl2GeZr-2. The van der Waals surface area contributed by atoms with Gasteiger partial charge in [-0.25, -0.2) is 24.3 Å². The van der Waals surface area contributed by atoms with Gasteiger partial charge in [0.15, 0.2) is 0 Å². The van der Waals surface area contributed by atoms with Crippen LogP contribution >= 0.6 is 24.8 Å². The number of rotatable bonds is 0. The Bertz CT molecular complexity index is 325. The van der Waals surface area contributed by atoms with Gasteiger partial charge in [-0.05, 0) is 0 Å². The molecule has 0 heterocycles. The van der Waals surface area contributed by atoms with Crippen molar-refractivity contribution in [3.05, 3.63) is 48.6 Å². The van der Waals surface area contributed by atoms with E-state index >= 15 is 0 Å². The van der Waals surface area contributed by atoms with E-state index in [-0.39, 0.29) is 54.4 Å². The van der Waals surface area contributed by atoms with E-state index in [1.807, 2.05) is 24.3 Å². The fraction of sp³-hybridized carbons (Fsp3) is 0.400. The normalized spacial score (nSPS) is 12.0. The Kier molecular flexibility index (Phi) is 24.6. The zero-order chi connectivity index (χ0) is 12.9. The SMILES string of the molecule is C[C](C)=[Zr]=[Ge]([CH3])[CH3].Cl.Cl.[C-]1=CC=CC1.[C-]1=CC=CC1. The Balaban J connectivity index is -0.000000194. The molecule has 0 aliphatic heterocycles. The van der Waals surface area contributed by atoms with Crippen LogP contribution in [0.1, 0.15) is 26.7 Å². The quantitative estimate of drug-likeness (QED) is 0.369. The first-order valence-corrected chi connectivity index (χ1v) is 18.8. The van der Waals surface area contributed by atoms with Crippen LogP contribution in [0.5, 0.6) is 0 Å². The number of halogens is 2. The molecule has 0 aromatic rings. The van der Waals surface area contributed by atoms with E-state index < -0.39 is 0 Å². The molecule has 2 aliphatic carbocycles. The van der Waals surface area contributed by atoms with Crippen LogP contribution in [0.15, 0.2) is 36.5 Å². The topological polar surface area (TPSA) is 0 Å². The molecule has 2 aliphatic rings. The van der Waals surface area contributed by atoms with Crippen molar-refractivity contribution < 1.29 is 19.6 Å². The van der Waals surface area contributed by atoms with E-state index in [0.29, 0.717) is 0 Å². The van der Waals surface area contributed by atoms with Crippen LogP contribution < -0.4 is 0 Å². The Labute approximate surface area is 143 Å². The summed E-state index contributed by atoms with van der Waals surface area (Å²) in [5, 5.41) is 0. The molecule has 0 N–H and O–H groups in total. The molecule has 0 aromatic carbocycles. The molecule has 0 fully saturated rings. The van der Waals surface area contributed by atoms with Gasteiger partial charge >= 0.3 is 58.2 Å². The second-order valence-electron chi connectivity index (χ2n) is 4.13. The summed E-state index contributed by atoms with van der Waals surface area (Å²) in [6.07, 6.45) is 20.0. The van der Waals surface area contributed by atoms with Crippen molar-refractivity contribution in [1.82, 2.24) is 0 Å². The van der Waals surface area contributed by atoms with Crippen molar-refractivity contribution in [2.24, 2.45) is 0 Å². The first kappa shape index (κ1) is 24.8. The Morgan fingerprint density at radius 1 is 0.947 bits per heavy atom. The summed E-state index contributed by atoms with van der Waals surface area (Å²) in [7, 11) is -0.316. The van der Waals surface area contributed by atoms with Crippen LogP contribution in [0.2, 0.25) is 11.5 Å². The molecular weight excluding hydrogens is 415 g/mol. The molecule has 2 rings (SSSR count). The molecule has 0 aromatic heterocycles. The maximum Gasteiger partial charge on any atom is -0.109 e. The zero-order valence-corrected chi connectivity index (χ0v) is 18.4. The van der Waals surface area contributed by atoms with Crippen molar-refractivity contribution in [2.75, 3.05) is 0 Å². The van der Waals surface area contributed by atoms with Crippen LogP contribution in [-0.4, -0.2) is 13.2 Å². The molecule has 4 heteroatoms. The van der Waals surface area contributed by atoms with Crippen molar-refractivity contribution in [3.63, 3.8) is 0 Å². The summed E-state index contributed by atoms with van der Waals surface area (Å²) in [6, 6.07) is 0. The molecule has 0 nitrogen and oxygen atoms in total. The van der Waals surface area contributed by atoms with Crippen LogP contribution in [-0.2, 0) is 19.6 Å². The standard InChI is InChI=1S/2C5H5.C3H6.C2H6Ge.2ClH.Zr/c2*1-2-4-5-3-1;2*1-3-2;;;/h2*1-3H,4H2;2*1-2H3;2*1H;/q2*-1;;;;;. The maximum absolute atomic E-state index is 2.99. The number of hydrogen-bond acceptors (Lipinski definition) is 0. The van der Waals surface area contributed by atoms with Gasteiger partial charge in [0.1, 0.15) is 0 Å². The Morgan fingerprint density at radius 3 is 1.42 bits per heavy atom. The van der Waals surface area contributed by atoms with Gasteiger partial charge in [-0.1, -0.05) is 0 Å². The number of allylic oxidation sites excluding steroid dienone is 8. The van der Waals surface area contributed by atoms with Crippen LogP contribution in [0, 0.1) is 12.2 Å². The van der Waals surface area contributed by atoms with Crippen molar-refractivity contribution in [1.29, 1.82) is 0 Å². The minimum atomic E-state index is -0.316. The van der Waals surface area contributed by atoms with Gasteiger partial charge in [0.05, 0.1) is 0 Å². The van der Waals surface area contributed by atoms with Crippen LogP contribution in [0.4, 0.5) is 0 Å². The molecule has 0 atom stereocenters. The third kappa shape index (κ3) is 24.3. The Hall–Kier alpha value is 0.836. The summed E-state index contributed by atoms with van der Waals surface area (Å²) >= 11 is 0.122. The van der Waals surface area contributed by atoms with Gasteiger partial charge in [-0.2, -0.15) is 12.2 Å². The minimum absolute atomic E-state index is 0. The van der Waals surface area contributed by atoms with E-state index in [2.05, 4.69) is 49.7 Å². The Morgan fingerprint density at radius 2 is 1.37 bits per heavy atom. The molecule has 0 radical (unpaired) electrons. The van der Waals surface area contributed by atoms with Crippen molar-refractivity contribution >= 4 is 38.0 Å². The predicted molar refractivity (Wildman–Crippen MR) is 91.5 cm³/mol. The molecule has 0 spiro atoms. The molecule has 0 bridgehead atoms. The van der Waals surface area contributed by atoms with Gasteiger partial charge in [-0.15, -0.1) is 37.7 Å². The monoisotopic (exact) mass is 438 g/mol. The molecule has 0 saturated heterocycles. The predicted octanol–water partition coefficient (Wildman–Crippen LogP) is 4.99. The molecule has 19 heavy (non-hydrogen) atoms. The van der Waals surface area contributed by atoms with Crippen LogP contribution in [0.3, 0.4) is 0 Å². The van der Waals surface area contributed by atoms with Gasteiger partial charge in [0.25, 0.3) is 0 Å². The molecule has 108 valence electrons. The average molecular weight is 439 g/mol. The largest absolute Gasteiger partial charge is 0.273 e. The average Bonchev–Trinajstić information content (AvgIpc) is 2.96. The fourth-order valence-corrected chi connectivity index (χ4v) is 16.1. The van der Waals surface area contributed by atoms with Crippen LogP contribution in [0.25, 0.3) is 0 Å².